The number of piperazine rings is 1. The van der Waals surface area contributed by atoms with E-state index in [1.165, 1.54) is 28.0 Å². The number of hydrogen-bond donors (Lipinski definition) is 1. The molecule has 3 amide bonds. The van der Waals surface area contributed by atoms with Crippen LogP contribution in [0.25, 0.3) is 0 Å². The van der Waals surface area contributed by atoms with E-state index in [9.17, 15) is 27.6 Å². The van der Waals surface area contributed by atoms with Gasteiger partial charge in [0.2, 0.25) is 11.8 Å². The van der Waals surface area contributed by atoms with Crippen LogP contribution in [0.5, 0.6) is 0 Å². The van der Waals surface area contributed by atoms with Crippen molar-refractivity contribution in [2.45, 2.75) is 57.0 Å². The van der Waals surface area contributed by atoms with Crippen LogP contribution < -0.4 is 5.32 Å². The van der Waals surface area contributed by atoms with E-state index in [1.54, 1.807) is 4.90 Å². The van der Waals surface area contributed by atoms with E-state index in [4.69, 9.17) is 4.74 Å². The van der Waals surface area contributed by atoms with E-state index in [-0.39, 0.29) is 49.9 Å². The van der Waals surface area contributed by atoms with Gasteiger partial charge in [0, 0.05) is 25.9 Å². The number of unbranched alkanes of at least 4 members (excludes halogenated alkanes) is 1. The van der Waals surface area contributed by atoms with Crippen molar-refractivity contribution in [1.29, 1.82) is 0 Å². The van der Waals surface area contributed by atoms with Gasteiger partial charge in [-0.25, -0.2) is 4.79 Å². The summed E-state index contributed by atoms with van der Waals surface area (Å²) in [5, 5.41) is 3.08. The van der Waals surface area contributed by atoms with Crippen molar-refractivity contribution < 1.29 is 32.3 Å². The Hall–Kier alpha value is -3.60. The Bertz CT molecular complexity index is 1180. The minimum atomic E-state index is -4.51. The average molecular weight is 561 g/mol. The zero-order valence-electron chi connectivity index (χ0n) is 22.5. The number of carbonyl (C=O) groups excluding carboxylic acids is 3. The molecule has 0 aliphatic carbocycles. The quantitative estimate of drug-likeness (QED) is 0.444. The lowest BCUT2D eigenvalue weighted by Gasteiger charge is -2.52. The van der Waals surface area contributed by atoms with Crippen molar-refractivity contribution in [3.05, 3.63) is 71.3 Å². The predicted octanol–water partition coefficient (Wildman–Crippen LogP) is 4.05. The molecular formula is C29H35F3N4O4. The normalized spacial score (nSPS) is 19.6. The number of nitrogens with zero attached hydrogens (tertiary/aromatic N) is 3. The standard InChI is InChI=1S/C29H35F3N4O4/c1-33-16-8-7-13-24-27(38)34(19-21-9-3-2-4-10-21)20-25-35(17-14-26(37)36(24)25)28(39)40-18-15-22-11-5-6-12-23(22)29(30,31)32/h2-6,9-12,24-25,33H,7-8,13-20H2,1H3. The highest BCUT2D eigenvalue weighted by Gasteiger charge is 2.48. The second-order valence-corrected chi connectivity index (χ2v) is 10.1. The maximum Gasteiger partial charge on any atom is 0.416 e. The summed E-state index contributed by atoms with van der Waals surface area (Å²) in [6.07, 6.45) is -3.98. The molecule has 2 unspecified atom stereocenters. The van der Waals surface area contributed by atoms with E-state index >= 15 is 0 Å². The molecule has 2 atom stereocenters. The number of halogens is 3. The van der Waals surface area contributed by atoms with Crippen LogP contribution in [0.15, 0.2) is 54.6 Å². The number of carbonyl (C=O) groups is 3. The molecule has 2 aromatic carbocycles. The summed E-state index contributed by atoms with van der Waals surface area (Å²) in [6.45, 7) is 1.10. The highest BCUT2D eigenvalue weighted by Crippen LogP contribution is 2.32. The van der Waals surface area contributed by atoms with Gasteiger partial charge in [-0.05, 0) is 50.0 Å². The average Bonchev–Trinajstić information content (AvgIpc) is 2.93. The van der Waals surface area contributed by atoms with E-state index in [0.29, 0.717) is 13.0 Å². The molecule has 0 aromatic heterocycles. The molecule has 40 heavy (non-hydrogen) atoms. The van der Waals surface area contributed by atoms with Crippen LogP contribution in [0, 0.1) is 0 Å². The first kappa shape index (κ1) is 29.4. The topological polar surface area (TPSA) is 82.2 Å². The molecule has 2 aromatic rings. The number of benzene rings is 2. The summed E-state index contributed by atoms with van der Waals surface area (Å²) >= 11 is 0. The lowest BCUT2D eigenvalue weighted by Crippen LogP contribution is -2.71. The van der Waals surface area contributed by atoms with Crippen LogP contribution in [0.4, 0.5) is 18.0 Å². The third-order valence-electron chi connectivity index (χ3n) is 7.38. The molecule has 0 radical (unpaired) electrons. The fourth-order valence-corrected chi connectivity index (χ4v) is 5.40. The first-order chi connectivity index (χ1) is 19.2. The molecule has 2 heterocycles. The number of rotatable bonds is 10. The van der Waals surface area contributed by atoms with Gasteiger partial charge < -0.3 is 19.9 Å². The van der Waals surface area contributed by atoms with E-state index < -0.39 is 30.0 Å². The van der Waals surface area contributed by atoms with Gasteiger partial charge in [-0.15, -0.1) is 0 Å². The fraction of sp³-hybridized carbons (Fsp3) is 0.483. The van der Waals surface area contributed by atoms with Crippen molar-refractivity contribution in [3.63, 3.8) is 0 Å². The van der Waals surface area contributed by atoms with Gasteiger partial charge in [0.05, 0.1) is 18.7 Å². The summed E-state index contributed by atoms with van der Waals surface area (Å²) in [4.78, 5) is 44.5. The van der Waals surface area contributed by atoms with Crippen LogP contribution in [0.1, 0.15) is 42.4 Å². The van der Waals surface area contributed by atoms with Crippen molar-refractivity contribution >= 4 is 17.9 Å². The first-order valence-corrected chi connectivity index (χ1v) is 13.6. The molecule has 4 rings (SSSR count). The number of hydrogen-bond acceptors (Lipinski definition) is 5. The summed E-state index contributed by atoms with van der Waals surface area (Å²) in [7, 11) is 1.85. The second-order valence-electron chi connectivity index (χ2n) is 10.1. The maximum absolute atomic E-state index is 13.6. The van der Waals surface area contributed by atoms with Crippen molar-refractivity contribution in [3.8, 4) is 0 Å². The molecule has 2 aliphatic heterocycles. The predicted molar refractivity (Wildman–Crippen MR) is 142 cm³/mol. The minimum Gasteiger partial charge on any atom is -0.449 e. The third kappa shape index (κ3) is 6.93. The van der Waals surface area contributed by atoms with Gasteiger partial charge in [-0.1, -0.05) is 48.5 Å². The molecule has 2 fully saturated rings. The molecule has 0 spiro atoms. The molecule has 216 valence electrons. The Labute approximate surface area is 232 Å². The Morgan fingerprint density at radius 2 is 1.77 bits per heavy atom. The monoisotopic (exact) mass is 560 g/mol. The minimum absolute atomic E-state index is 0.0391. The molecule has 11 heteroatoms. The smallest absolute Gasteiger partial charge is 0.416 e. The highest BCUT2D eigenvalue weighted by molar-refractivity contribution is 5.90. The van der Waals surface area contributed by atoms with Gasteiger partial charge in [-0.3, -0.25) is 14.5 Å². The van der Waals surface area contributed by atoms with Gasteiger partial charge in [0.15, 0.2) is 0 Å². The summed E-state index contributed by atoms with van der Waals surface area (Å²) in [5.41, 5.74) is 0.208. The van der Waals surface area contributed by atoms with Crippen LogP contribution in [0.2, 0.25) is 0 Å². The zero-order chi connectivity index (χ0) is 28.7. The van der Waals surface area contributed by atoms with Crippen molar-refractivity contribution in [1.82, 2.24) is 20.0 Å². The summed E-state index contributed by atoms with van der Waals surface area (Å²) < 4.78 is 45.5. The Morgan fingerprint density at radius 1 is 1.05 bits per heavy atom. The number of alkyl halides is 3. The lowest BCUT2D eigenvalue weighted by molar-refractivity contribution is -0.169. The maximum atomic E-state index is 13.6. The number of amides is 3. The van der Waals surface area contributed by atoms with Crippen LogP contribution >= 0.6 is 0 Å². The SMILES string of the molecule is CNCCCCC1C(=O)N(Cc2ccccc2)CC2N(C(=O)OCCc3ccccc3C(F)(F)F)CCC(=O)N12. The van der Waals surface area contributed by atoms with Crippen LogP contribution in [-0.4, -0.2) is 78.1 Å². The van der Waals surface area contributed by atoms with Gasteiger partial charge in [0.25, 0.3) is 0 Å². The second kappa shape index (κ2) is 13.2. The van der Waals surface area contributed by atoms with E-state index in [1.807, 2.05) is 37.4 Å². The van der Waals surface area contributed by atoms with Crippen molar-refractivity contribution in [2.24, 2.45) is 0 Å². The summed E-state index contributed by atoms with van der Waals surface area (Å²) in [5.74, 6) is -0.351. The fourth-order valence-electron chi connectivity index (χ4n) is 5.40. The Kier molecular flexibility index (Phi) is 9.67. The first-order valence-electron chi connectivity index (χ1n) is 13.6. The highest BCUT2D eigenvalue weighted by atomic mass is 19.4. The van der Waals surface area contributed by atoms with Crippen LogP contribution in [-0.2, 0) is 33.5 Å². The number of fused-ring (bicyclic) bond motifs is 1. The molecule has 0 bridgehead atoms. The molecule has 0 saturated carbocycles. The third-order valence-corrected chi connectivity index (χ3v) is 7.38. The van der Waals surface area contributed by atoms with Gasteiger partial charge in [-0.2, -0.15) is 13.2 Å². The molecule has 2 saturated heterocycles. The molecular weight excluding hydrogens is 525 g/mol. The van der Waals surface area contributed by atoms with E-state index in [2.05, 4.69) is 5.32 Å². The molecule has 8 nitrogen and oxygen atoms in total. The van der Waals surface area contributed by atoms with E-state index in [0.717, 1.165) is 31.0 Å². The van der Waals surface area contributed by atoms with Crippen molar-refractivity contribution in [2.75, 3.05) is 33.3 Å². The molecule has 1 N–H and O–H groups in total. The van der Waals surface area contributed by atoms with Crippen LogP contribution in [0.3, 0.4) is 0 Å². The zero-order valence-corrected chi connectivity index (χ0v) is 22.5. The lowest BCUT2D eigenvalue weighted by atomic mass is 9.98. The molecule has 2 aliphatic rings. The Morgan fingerprint density at radius 3 is 2.50 bits per heavy atom. The number of ether oxygens (including phenoxy) is 1. The van der Waals surface area contributed by atoms with Gasteiger partial charge in [0.1, 0.15) is 12.2 Å². The Balaban J connectivity index is 1.50. The largest absolute Gasteiger partial charge is 0.449 e. The number of nitrogens with one attached hydrogen (secondary N) is 1. The summed E-state index contributed by atoms with van der Waals surface area (Å²) in [6, 6.07) is 14.0. The van der Waals surface area contributed by atoms with Gasteiger partial charge >= 0.3 is 12.3 Å².